The second-order valence-corrected chi connectivity index (χ2v) is 7.43. The molecule has 130 valence electrons. The van der Waals surface area contributed by atoms with Gasteiger partial charge < -0.3 is 0 Å². The summed E-state index contributed by atoms with van der Waals surface area (Å²) in [5.41, 5.74) is 5.86. The first-order chi connectivity index (χ1) is 11.4. The molecule has 0 nitrogen and oxygen atoms in total. The van der Waals surface area contributed by atoms with Gasteiger partial charge in [-0.25, -0.2) is 4.39 Å². The normalized spacial score (nSPS) is 21.5. The average molecular weight is 326 g/mol. The SMILES string of the molecule is CCC/C(C)=C(/C)C1=CCC(C)(Cc2cccc(CC)c2F)C=C1. The largest absolute Gasteiger partial charge is 0.206 e. The lowest BCUT2D eigenvalue weighted by molar-refractivity contribution is 0.415. The first-order valence-electron chi connectivity index (χ1n) is 9.22. The molecular weight excluding hydrogens is 295 g/mol. The predicted octanol–water partition coefficient (Wildman–Crippen LogP) is 6.96. The molecule has 0 aliphatic heterocycles. The molecule has 1 aromatic rings. The number of benzene rings is 1. The zero-order chi connectivity index (χ0) is 17.7. The van der Waals surface area contributed by atoms with E-state index in [-0.39, 0.29) is 11.2 Å². The standard InChI is InChI=1S/C23H31F/c1-6-9-17(3)18(4)20-12-14-23(5,15-13-20)16-21-11-8-10-19(7-2)22(21)24/h8,10-14H,6-7,9,15-16H2,1-5H3/b18-17-. The third-order valence-electron chi connectivity index (χ3n) is 5.29. The van der Waals surface area contributed by atoms with Crippen LogP contribution in [0.15, 0.2) is 53.1 Å². The van der Waals surface area contributed by atoms with Gasteiger partial charge in [0.2, 0.25) is 0 Å². The molecule has 1 aromatic carbocycles. The molecule has 1 aliphatic carbocycles. The van der Waals surface area contributed by atoms with Crippen LogP contribution in [0.4, 0.5) is 4.39 Å². The van der Waals surface area contributed by atoms with Crippen molar-refractivity contribution in [3.63, 3.8) is 0 Å². The van der Waals surface area contributed by atoms with Crippen molar-refractivity contribution in [1.29, 1.82) is 0 Å². The molecule has 1 unspecified atom stereocenters. The Morgan fingerprint density at radius 1 is 1.17 bits per heavy atom. The van der Waals surface area contributed by atoms with Crippen molar-refractivity contribution in [3.05, 3.63) is 70.1 Å². The van der Waals surface area contributed by atoms with Crippen LogP contribution in [-0.2, 0) is 12.8 Å². The number of aryl methyl sites for hydroxylation is 1. The molecule has 0 radical (unpaired) electrons. The summed E-state index contributed by atoms with van der Waals surface area (Å²) in [4.78, 5) is 0. The van der Waals surface area contributed by atoms with Crippen molar-refractivity contribution < 1.29 is 4.39 Å². The summed E-state index contributed by atoms with van der Waals surface area (Å²) in [5.74, 6) is -0.0146. The Bertz CT molecular complexity index is 675. The zero-order valence-corrected chi connectivity index (χ0v) is 15.9. The molecule has 2 rings (SSSR count). The summed E-state index contributed by atoms with van der Waals surface area (Å²) in [6.45, 7) is 10.9. The van der Waals surface area contributed by atoms with Gasteiger partial charge in [0, 0.05) is 0 Å². The Balaban J connectivity index is 2.16. The second-order valence-electron chi connectivity index (χ2n) is 7.43. The van der Waals surface area contributed by atoms with E-state index in [0.29, 0.717) is 0 Å². The lowest BCUT2D eigenvalue weighted by Crippen LogP contribution is -2.19. The van der Waals surface area contributed by atoms with E-state index < -0.39 is 0 Å². The summed E-state index contributed by atoms with van der Waals surface area (Å²) in [6, 6.07) is 5.80. The van der Waals surface area contributed by atoms with Crippen LogP contribution in [0.3, 0.4) is 0 Å². The second kappa shape index (κ2) is 7.96. The molecular formula is C23H31F. The lowest BCUT2D eigenvalue weighted by Gasteiger charge is -2.29. The van der Waals surface area contributed by atoms with Crippen molar-refractivity contribution >= 4 is 0 Å². The Labute approximate surface area is 147 Å². The van der Waals surface area contributed by atoms with Crippen LogP contribution >= 0.6 is 0 Å². The molecule has 0 N–H and O–H groups in total. The van der Waals surface area contributed by atoms with Crippen molar-refractivity contribution in [2.45, 2.75) is 66.7 Å². The third kappa shape index (κ3) is 4.26. The summed E-state index contributed by atoms with van der Waals surface area (Å²) in [5, 5.41) is 0. The van der Waals surface area contributed by atoms with E-state index in [1.807, 2.05) is 25.1 Å². The van der Waals surface area contributed by atoms with Crippen LogP contribution in [0.1, 0.15) is 65.0 Å². The van der Waals surface area contributed by atoms with E-state index in [2.05, 4.69) is 45.9 Å². The van der Waals surface area contributed by atoms with Crippen LogP contribution < -0.4 is 0 Å². The van der Waals surface area contributed by atoms with E-state index in [1.165, 1.54) is 23.1 Å². The molecule has 1 heteroatoms. The van der Waals surface area contributed by atoms with Gasteiger partial charge in [-0.15, -0.1) is 0 Å². The minimum Gasteiger partial charge on any atom is -0.206 e. The van der Waals surface area contributed by atoms with E-state index >= 15 is 0 Å². The molecule has 0 saturated carbocycles. The van der Waals surface area contributed by atoms with E-state index in [4.69, 9.17) is 0 Å². The van der Waals surface area contributed by atoms with Gasteiger partial charge in [0.25, 0.3) is 0 Å². The minimum absolute atomic E-state index is 0.00432. The van der Waals surface area contributed by atoms with Gasteiger partial charge in [-0.1, -0.05) is 69.2 Å². The Hall–Kier alpha value is -1.63. The summed E-state index contributed by atoms with van der Waals surface area (Å²) < 4.78 is 14.5. The summed E-state index contributed by atoms with van der Waals surface area (Å²) >= 11 is 0. The molecule has 0 aromatic heterocycles. The summed E-state index contributed by atoms with van der Waals surface area (Å²) in [6.07, 6.45) is 11.7. The number of halogens is 1. The molecule has 0 bridgehead atoms. The van der Waals surface area contributed by atoms with Crippen LogP contribution in [0.5, 0.6) is 0 Å². The molecule has 24 heavy (non-hydrogen) atoms. The molecule has 0 saturated heterocycles. The highest BCUT2D eigenvalue weighted by atomic mass is 19.1. The molecule has 0 heterocycles. The van der Waals surface area contributed by atoms with Gasteiger partial charge >= 0.3 is 0 Å². The highest BCUT2D eigenvalue weighted by Gasteiger charge is 2.25. The minimum atomic E-state index is -0.0146. The summed E-state index contributed by atoms with van der Waals surface area (Å²) in [7, 11) is 0. The molecule has 0 amide bonds. The maximum absolute atomic E-state index is 14.5. The quantitative estimate of drug-likeness (QED) is 0.530. The maximum Gasteiger partial charge on any atom is 0.129 e. The number of hydrogen-bond acceptors (Lipinski definition) is 0. The van der Waals surface area contributed by atoms with Gasteiger partial charge in [-0.2, -0.15) is 0 Å². The Kier molecular flexibility index (Phi) is 6.21. The fourth-order valence-corrected chi connectivity index (χ4v) is 3.47. The monoisotopic (exact) mass is 326 g/mol. The first-order valence-corrected chi connectivity index (χ1v) is 9.22. The van der Waals surface area contributed by atoms with Gasteiger partial charge in [-0.3, -0.25) is 0 Å². The molecule has 1 aliphatic rings. The fraction of sp³-hybridized carbons (Fsp3) is 0.478. The van der Waals surface area contributed by atoms with Crippen molar-refractivity contribution in [2.75, 3.05) is 0 Å². The van der Waals surface area contributed by atoms with Crippen LogP contribution in [0.2, 0.25) is 0 Å². The fourth-order valence-electron chi connectivity index (χ4n) is 3.47. The zero-order valence-electron chi connectivity index (χ0n) is 15.9. The van der Waals surface area contributed by atoms with E-state index in [9.17, 15) is 4.39 Å². The average Bonchev–Trinajstić information content (AvgIpc) is 2.57. The third-order valence-corrected chi connectivity index (χ3v) is 5.29. The highest BCUT2D eigenvalue weighted by molar-refractivity contribution is 5.44. The number of rotatable bonds is 6. The van der Waals surface area contributed by atoms with Crippen LogP contribution in [0, 0.1) is 11.2 Å². The Morgan fingerprint density at radius 3 is 2.46 bits per heavy atom. The molecule has 1 atom stereocenters. The first kappa shape index (κ1) is 18.7. The van der Waals surface area contributed by atoms with Gasteiger partial charge in [0.05, 0.1) is 0 Å². The molecule has 0 fully saturated rings. The van der Waals surface area contributed by atoms with E-state index in [0.717, 1.165) is 36.8 Å². The Morgan fingerprint density at radius 2 is 1.88 bits per heavy atom. The highest BCUT2D eigenvalue weighted by Crippen LogP contribution is 2.36. The van der Waals surface area contributed by atoms with Crippen LogP contribution in [-0.4, -0.2) is 0 Å². The maximum atomic E-state index is 14.5. The van der Waals surface area contributed by atoms with E-state index in [1.54, 1.807) is 0 Å². The number of hydrogen-bond donors (Lipinski definition) is 0. The topological polar surface area (TPSA) is 0 Å². The van der Waals surface area contributed by atoms with Crippen molar-refractivity contribution in [3.8, 4) is 0 Å². The predicted molar refractivity (Wildman–Crippen MR) is 103 cm³/mol. The lowest BCUT2D eigenvalue weighted by atomic mass is 9.76. The molecule has 0 spiro atoms. The van der Waals surface area contributed by atoms with Crippen LogP contribution in [0.25, 0.3) is 0 Å². The van der Waals surface area contributed by atoms with Gasteiger partial charge in [0.1, 0.15) is 5.82 Å². The van der Waals surface area contributed by atoms with Gasteiger partial charge in [0.15, 0.2) is 0 Å². The van der Waals surface area contributed by atoms with Crippen molar-refractivity contribution in [2.24, 2.45) is 5.41 Å². The van der Waals surface area contributed by atoms with Crippen molar-refractivity contribution in [1.82, 2.24) is 0 Å². The van der Waals surface area contributed by atoms with Gasteiger partial charge in [-0.05, 0) is 67.2 Å². The smallest absolute Gasteiger partial charge is 0.129 e. The number of allylic oxidation sites excluding steroid dienone is 6.